The molecule has 11 heteroatoms. The van der Waals surface area contributed by atoms with E-state index in [1.54, 1.807) is 0 Å². The molecule has 0 saturated heterocycles. The summed E-state index contributed by atoms with van der Waals surface area (Å²) in [4.78, 5) is 12.6. The largest absolute Gasteiger partial charge is 0.396 e. The Balaban J connectivity index is 1.25. The number of hydrogen-bond donors (Lipinski definition) is 8. The van der Waals surface area contributed by atoms with Crippen LogP contribution in [0.1, 0.15) is 121 Å². The van der Waals surface area contributed by atoms with Crippen molar-refractivity contribution < 1.29 is 39.8 Å². The van der Waals surface area contributed by atoms with Gasteiger partial charge in [0.2, 0.25) is 0 Å². The summed E-state index contributed by atoms with van der Waals surface area (Å²) in [7, 11) is 5.80. The molecule has 1 aromatic rings. The van der Waals surface area contributed by atoms with Crippen molar-refractivity contribution in [3.05, 3.63) is 106 Å². The lowest BCUT2D eigenvalue weighted by atomic mass is 9.45. The van der Waals surface area contributed by atoms with Gasteiger partial charge in [-0.3, -0.25) is 4.79 Å². The van der Waals surface area contributed by atoms with Crippen molar-refractivity contribution in [1.82, 2.24) is 16.0 Å². The zero-order chi connectivity index (χ0) is 51.5. The SMILES string of the molecule is C=C(C=CC=C(COCC(O)CO)C1CCC2(C1O)C1C(=C(C)C=O)C(C=CC1CCO)CC2(O)CCNC)C1CC=C(C)CNC(CCOC)(C2CCCCC2CNC)Cc2cccc(c2)C12CCCC2. The summed E-state index contributed by atoms with van der Waals surface area (Å²) in [6, 6.07) is 9.56. The Labute approximate surface area is 432 Å². The Bertz CT molecular complexity index is 2120. The molecule has 1 aromatic carbocycles. The molecule has 12 atom stereocenters. The predicted octanol–water partition coefficient (Wildman–Crippen LogP) is 7.62. The summed E-state index contributed by atoms with van der Waals surface area (Å²) in [6.45, 7) is 11.7. The molecule has 4 saturated carbocycles. The van der Waals surface area contributed by atoms with Gasteiger partial charge in [0.05, 0.1) is 31.5 Å². The number of benzene rings is 1. The maximum absolute atomic E-state index is 13.1. The number of methoxy groups -OCH3 is 1. The molecule has 5 aliphatic carbocycles. The molecule has 7 rings (SSSR count). The van der Waals surface area contributed by atoms with Crippen molar-refractivity contribution in [3.63, 3.8) is 0 Å². The number of rotatable bonds is 21. The second kappa shape index (κ2) is 25.6. The van der Waals surface area contributed by atoms with E-state index < -0.39 is 35.7 Å². The van der Waals surface area contributed by atoms with E-state index in [4.69, 9.17) is 16.1 Å². The van der Waals surface area contributed by atoms with E-state index in [2.05, 4.69) is 90.6 Å². The lowest BCUT2D eigenvalue weighted by Gasteiger charge is -2.61. The molecule has 8 N–H and O–H groups in total. The quantitative estimate of drug-likeness (QED) is 0.0264. The topological polar surface area (TPSA) is 173 Å². The molecule has 6 aliphatic rings. The van der Waals surface area contributed by atoms with Crippen molar-refractivity contribution >= 4 is 6.29 Å². The molecule has 1 aliphatic heterocycles. The maximum atomic E-state index is 13.1. The first-order chi connectivity index (χ1) is 34.8. The van der Waals surface area contributed by atoms with Crippen LogP contribution in [0.3, 0.4) is 0 Å². The van der Waals surface area contributed by atoms with E-state index in [-0.39, 0.29) is 54.4 Å². The highest BCUT2D eigenvalue weighted by atomic mass is 16.5. The van der Waals surface area contributed by atoms with E-state index >= 15 is 0 Å². The monoisotopic (exact) mass is 996 g/mol. The Morgan fingerprint density at radius 1 is 1.04 bits per heavy atom. The number of carbonyl (C=O) groups is 1. The highest BCUT2D eigenvalue weighted by Crippen LogP contribution is 2.67. The van der Waals surface area contributed by atoms with E-state index in [9.17, 15) is 30.3 Å². The molecule has 72 heavy (non-hydrogen) atoms. The first kappa shape index (κ1) is 56.7. The van der Waals surface area contributed by atoms with Gasteiger partial charge in [-0.05, 0) is 170 Å². The third-order valence-electron chi connectivity index (χ3n) is 19.2. The number of allylic oxidation sites excluding steroid dienone is 9. The molecule has 400 valence electrons. The maximum Gasteiger partial charge on any atom is 0.145 e. The van der Waals surface area contributed by atoms with Crippen LogP contribution < -0.4 is 16.0 Å². The van der Waals surface area contributed by atoms with Crippen LogP contribution in [0.15, 0.2) is 95.2 Å². The number of carbonyl (C=O) groups excluding carboxylic acids is 1. The van der Waals surface area contributed by atoms with Gasteiger partial charge in [0.15, 0.2) is 0 Å². The molecular weight excluding hydrogens is 903 g/mol. The molecule has 11 nitrogen and oxygen atoms in total. The summed E-state index contributed by atoms with van der Waals surface area (Å²) in [5, 5.41) is 67.7. The lowest BCUT2D eigenvalue weighted by Crippen LogP contribution is -2.65. The number of hydrogen-bond acceptors (Lipinski definition) is 11. The zero-order valence-corrected chi connectivity index (χ0v) is 44.7. The normalized spacial score (nSPS) is 35.0. The van der Waals surface area contributed by atoms with Crippen LogP contribution in [0.2, 0.25) is 0 Å². The van der Waals surface area contributed by atoms with Crippen LogP contribution in [0.4, 0.5) is 0 Å². The summed E-state index contributed by atoms with van der Waals surface area (Å²) in [5.41, 5.74) is 5.13. The highest BCUT2D eigenvalue weighted by Gasteiger charge is 2.68. The number of aliphatic hydroxyl groups is 5. The summed E-state index contributed by atoms with van der Waals surface area (Å²) in [5.74, 6) is 0.175. The third-order valence-corrected chi connectivity index (χ3v) is 19.2. The van der Waals surface area contributed by atoms with Gasteiger partial charge >= 0.3 is 0 Å². The van der Waals surface area contributed by atoms with Gasteiger partial charge in [-0.15, -0.1) is 0 Å². The van der Waals surface area contributed by atoms with Crippen molar-refractivity contribution in [1.29, 1.82) is 0 Å². The average molecular weight is 996 g/mol. The first-order valence-corrected chi connectivity index (χ1v) is 27.9. The first-order valence-electron chi connectivity index (χ1n) is 27.9. The molecular formula is C61H93N3O8. The number of aliphatic hydroxyl groups excluding tert-OH is 4. The lowest BCUT2D eigenvalue weighted by molar-refractivity contribution is -0.194. The van der Waals surface area contributed by atoms with Crippen LogP contribution >= 0.6 is 0 Å². The van der Waals surface area contributed by atoms with Gasteiger partial charge < -0.3 is 51.0 Å². The molecule has 2 spiro atoms. The summed E-state index contributed by atoms with van der Waals surface area (Å²) in [6.07, 6.45) is 26.5. The van der Waals surface area contributed by atoms with Gasteiger partial charge in [0.1, 0.15) is 12.4 Å². The second-order valence-corrected chi connectivity index (χ2v) is 23.2. The Morgan fingerprint density at radius 2 is 1.83 bits per heavy atom. The minimum absolute atomic E-state index is 0.0530. The van der Waals surface area contributed by atoms with Gasteiger partial charge in [-0.2, -0.15) is 0 Å². The van der Waals surface area contributed by atoms with Crippen LogP contribution in [-0.2, 0) is 26.1 Å². The van der Waals surface area contributed by atoms with E-state index in [0.717, 1.165) is 81.0 Å². The molecule has 4 fully saturated rings. The molecule has 0 radical (unpaired) electrons. The molecule has 0 amide bonds. The standard InChI is InChI=1S/C61H93N3O8/c1-42-19-22-53(58(25-9-10-26-58)50-17-12-14-45(33-50)34-59(64-36-42,29-32-71-6)54-18-8-7-15-48(54)37-63-5)43(2)13-11-16-49(40-72-41-51(68)39-67)52-23-27-61(57(52)69)56-46(24-31-65)20-21-47(55(56)44(3)38-66)35-60(61,70)28-30-62-4/h11-14,16-17,19-21,33,38,46-48,51-54,56-57,62-65,67-70H,2,7-10,15,18,22-32,34-37,39-41H2,1,3-6H3. The van der Waals surface area contributed by atoms with Gasteiger partial charge in [-0.1, -0.05) is 110 Å². The van der Waals surface area contributed by atoms with E-state index in [1.165, 1.54) is 42.4 Å². The molecule has 12 unspecified atom stereocenters. The highest BCUT2D eigenvalue weighted by molar-refractivity contribution is 5.74. The summed E-state index contributed by atoms with van der Waals surface area (Å²) >= 11 is 0. The van der Waals surface area contributed by atoms with Gasteiger partial charge in [0.25, 0.3) is 0 Å². The van der Waals surface area contributed by atoms with Crippen LogP contribution in [0.25, 0.3) is 0 Å². The van der Waals surface area contributed by atoms with E-state index in [1.807, 2.05) is 21.1 Å². The number of fused-ring (bicyclic) bond motifs is 6. The van der Waals surface area contributed by atoms with Crippen molar-refractivity contribution in [2.75, 3.05) is 73.9 Å². The minimum atomic E-state index is -1.27. The fourth-order valence-corrected chi connectivity index (χ4v) is 15.7. The minimum Gasteiger partial charge on any atom is -0.396 e. The molecule has 1 heterocycles. The van der Waals surface area contributed by atoms with Crippen LogP contribution in [0.5, 0.6) is 0 Å². The Kier molecular flexibility index (Phi) is 20.2. The Hall–Kier alpha value is -3.07. The van der Waals surface area contributed by atoms with Gasteiger partial charge in [0, 0.05) is 55.1 Å². The third kappa shape index (κ3) is 11.7. The van der Waals surface area contributed by atoms with Gasteiger partial charge in [-0.25, -0.2) is 0 Å². The van der Waals surface area contributed by atoms with Crippen molar-refractivity contribution in [3.8, 4) is 0 Å². The number of ether oxygens (including phenoxy) is 2. The van der Waals surface area contributed by atoms with Crippen LogP contribution in [-0.4, -0.2) is 129 Å². The van der Waals surface area contributed by atoms with Crippen molar-refractivity contribution in [2.45, 2.75) is 145 Å². The van der Waals surface area contributed by atoms with Crippen LogP contribution in [0, 0.1) is 46.8 Å². The fraction of sp³-hybridized carbons (Fsp3) is 0.689. The smallest absolute Gasteiger partial charge is 0.145 e. The fourth-order valence-electron chi connectivity index (χ4n) is 15.7. The summed E-state index contributed by atoms with van der Waals surface area (Å²) < 4.78 is 12.0. The second-order valence-electron chi connectivity index (χ2n) is 23.2. The Morgan fingerprint density at radius 3 is 2.56 bits per heavy atom. The number of nitrogens with one attached hydrogen (secondary N) is 3. The molecule has 0 aromatic heterocycles. The zero-order valence-electron chi connectivity index (χ0n) is 44.7. The van der Waals surface area contributed by atoms with E-state index in [0.29, 0.717) is 62.7 Å². The molecule has 4 bridgehead atoms. The number of aldehydes is 1. The predicted molar refractivity (Wildman–Crippen MR) is 288 cm³/mol. The van der Waals surface area contributed by atoms with Crippen molar-refractivity contribution in [2.24, 2.45) is 46.8 Å². The average Bonchev–Trinajstić information content (AvgIpc) is 4.02.